The average Bonchev–Trinajstić information content (AvgIpc) is 2.36. The molecule has 0 fully saturated rings. The molecule has 1 aliphatic heterocycles. The molecule has 1 heterocycles. The van der Waals surface area contributed by atoms with Crippen LogP contribution in [0.5, 0.6) is 11.5 Å². The zero-order valence-corrected chi connectivity index (χ0v) is 9.56. The van der Waals surface area contributed by atoms with Crippen LogP contribution < -0.4 is 14.8 Å². The van der Waals surface area contributed by atoms with Gasteiger partial charge in [0.25, 0.3) is 0 Å². The Hall–Kier alpha value is -1.26. The first-order valence-electron chi connectivity index (χ1n) is 5.39. The van der Waals surface area contributed by atoms with E-state index in [1.807, 2.05) is 25.2 Å². The Labute approximate surface area is 95.2 Å². The lowest BCUT2D eigenvalue weighted by Crippen LogP contribution is -2.35. The molecular formula is C12H17NO3. The molecule has 4 nitrogen and oxygen atoms in total. The maximum Gasteiger partial charge on any atom is 0.165 e. The second-order valence-electron chi connectivity index (χ2n) is 3.90. The van der Waals surface area contributed by atoms with Gasteiger partial charge in [-0.2, -0.15) is 0 Å². The number of nitrogens with one attached hydrogen (secondary N) is 1. The highest BCUT2D eigenvalue weighted by Crippen LogP contribution is 2.41. The van der Waals surface area contributed by atoms with Crippen molar-refractivity contribution in [3.05, 3.63) is 23.8 Å². The first kappa shape index (κ1) is 11.2. The van der Waals surface area contributed by atoms with E-state index >= 15 is 0 Å². The monoisotopic (exact) mass is 223 g/mol. The molecule has 1 aromatic carbocycles. The minimum Gasteiger partial charge on any atom is -0.493 e. The molecule has 0 saturated carbocycles. The first-order valence-corrected chi connectivity index (χ1v) is 5.39. The summed E-state index contributed by atoms with van der Waals surface area (Å²) in [6.45, 7) is 0.623. The summed E-state index contributed by atoms with van der Waals surface area (Å²) in [7, 11) is 3.52. The molecule has 2 atom stereocenters. The van der Waals surface area contributed by atoms with Crippen molar-refractivity contribution in [2.75, 3.05) is 27.4 Å². The molecule has 0 bridgehead atoms. The Morgan fingerprint density at radius 1 is 1.56 bits per heavy atom. The molecule has 0 saturated heterocycles. The third-order valence-electron chi connectivity index (χ3n) is 3.02. The fourth-order valence-electron chi connectivity index (χ4n) is 2.18. The SMILES string of the molecule is CN[C@@H]1c2cccc(OC)c2OC[C@H]1CO. The van der Waals surface area contributed by atoms with E-state index in [1.54, 1.807) is 7.11 Å². The van der Waals surface area contributed by atoms with Crippen molar-refractivity contribution in [2.24, 2.45) is 5.92 Å². The van der Waals surface area contributed by atoms with Crippen LogP contribution in [-0.2, 0) is 0 Å². The minimum atomic E-state index is 0.0876. The van der Waals surface area contributed by atoms with Gasteiger partial charge in [0.15, 0.2) is 11.5 Å². The van der Waals surface area contributed by atoms with Crippen LogP contribution in [-0.4, -0.2) is 32.5 Å². The number of methoxy groups -OCH3 is 1. The molecule has 88 valence electrons. The highest BCUT2D eigenvalue weighted by Gasteiger charge is 2.30. The molecular weight excluding hydrogens is 206 g/mol. The molecule has 4 heteroatoms. The van der Waals surface area contributed by atoms with Crippen molar-refractivity contribution >= 4 is 0 Å². The topological polar surface area (TPSA) is 50.7 Å². The van der Waals surface area contributed by atoms with Crippen LogP contribution in [0.25, 0.3) is 0 Å². The van der Waals surface area contributed by atoms with Crippen molar-refractivity contribution in [3.63, 3.8) is 0 Å². The molecule has 1 aliphatic rings. The second kappa shape index (κ2) is 4.72. The number of hydrogen-bond donors (Lipinski definition) is 2. The van der Waals surface area contributed by atoms with Gasteiger partial charge in [-0.1, -0.05) is 12.1 Å². The van der Waals surface area contributed by atoms with E-state index in [0.29, 0.717) is 6.61 Å². The lowest BCUT2D eigenvalue weighted by atomic mass is 9.91. The third-order valence-corrected chi connectivity index (χ3v) is 3.02. The maximum absolute atomic E-state index is 9.29. The fourth-order valence-corrected chi connectivity index (χ4v) is 2.18. The number of hydrogen-bond acceptors (Lipinski definition) is 4. The van der Waals surface area contributed by atoms with Crippen LogP contribution in [0.1, 0.15) is 11.6 Å². The molecule has 0 unspecified atom stereocenters. The minimum absolute atomic E-state index is 0.0876. The van der Waals surface area contributed by atoms with E-state index in [-0.39, 0.29) is 18.6 Å². The van der Waals surface area contributed by atoms with E-state index in [9.17, 15) is 5.11 Å². The van der Waals surface area contributed by atoms with Crippen molar-refractivity contribution in [1.29, 1.82) is 0 Å². The summed E-state index contributed by atoms with van der Waals surface area (Å²) in [5, 5.41) is 12.5. The number of aliphatic hydroxyl groups excluding tert-OH is 1. The summed E-state index contributed by atoms with van der Waals surface area (Å²) in [6, 6.07) is 5.93. The summed E-state index contributed by atoms with van der Waals surface area (Å²) >= 11 is 0. The van der Waals surface area contributed by atoms with Gasteiger partial charge >= 0.3 is 0 Å². The highest BCUT2D eigenvalue weighted by atomic mass is 16.5. The Balaban J connectivity index is 2.41. The molecule has 0 amide bonds. The number of rotatable bonds is 3. The number of para-hydroxylation sites is 1. The zero-order chi connectivity index (χ0) is 11.5. The summed E-state index contributed by atoms with van der Waals surface area (Å²) in [6.07, 6.45) is 0. The Morgan fingerprint density at radius 3 is 3.00 bits per heavy atom. The normalized spacial score (nSPS) is 23.4. The van der Waals surface area contributed by atoms with Crippen LogP contribution in [0, 0.1) is 5.92 Å². The van der Waals surface area contributed by atoms with Gasteiger partial charge in [-0.3, -0.25) is 0 Å². The van der Waals surface area contributed by atoms with E-state index < -0.39 is 0 Å². The van der Waals surface area contributed by atoms with Crippen molar-refractivity contribution in [1.82, 2.24) is 5.32 Å². The molecule has 16 heavy (non-hydrogen) atoms. The van der Waals surface area contributed by atoms with Gasteiger partial charge in [0.1, 0.15) is 0 Å². The molecule has 0 spiro atoms. The maximum atomic E-state index is 9.29. The molecule has 1 aromatic rings. The smallest absolute Gasteiger partial charge is 0.165 e. The van der Waals surface area contributed by atoms with E-state index in [0.717, 1.165) is 17.1 Å². The lowest BCUT2D eigenvalue weighted by molar-refractivity contribution is 0.111. The van der Waals surface area contributed by atoms with E-state index in [1.165, 1.54) is 0 Å². The summed E-state index contributed by atoms with van der Waals surface area (Å²) in [5.41, 5.74) is 1.05. The van der Waals surface area contributed by atoms with Gasteiger partial charge in [0.2, 0.25) is 0 Å². The van der Waals surface area contributed by atoms with Gasteiger partial charge in [0, 0.05) is 17.5 Å². The average molecular weight is 223 g/mol. The number of aliphatic hydroxyl groups is 1. The van der Waals surface area contributed by atoms with Gasteiger partial charge in [-0.15, -0.1) is 0 Å². The van der Waals surface area contributed by atoms with Crippen LogP contribution in [0.2, 0.25) is 0 Å². The number of ether oxygens (including phenoxy) is 2. The highest BCUT2D eigenvalue weighted by molar-refractivity contribution is 5.49. The molecule has 0 aromatic heterocycles. The lowest BCUT2D eigenvalue weighted by Gasteiger charge is -2.33. The quantitative estimate of drug-likeness (QED) is 0.801. The Kier molecular flexibility index (Phi) is 3.31. The zero-order valence-electron chi connectivity index (χ0n) is 9.56. The Morgan fingerprint density at radius 2 is 2.38 bits per heavy atom. The van der Waals surface area contributed by atoms with Gasteiger partial charge in [-0.25, -0.2) is 0 Å². The Bertz CT molecular complexity index is 367. The summed E-state index contributed by atoms with van der Waals surface area (Å²) in [5.74, 6) is 1.62. The van der Waals surface area contributed by atoms with Crippen molar-refractivity contribution in [3.8, 4) is 11.5 Å². The predicted octanol–water partition coefficient (Wildman–Crippen LogP) is 0.957. The van der Waals surface area contributed by atoms with Gasteiger partial charge in [-0.05, 0) is 13.1 Å². The largest absolute Gasteiger partial charge is 0.493 e. The van der Waals surface area contributed by atoms with Gasteiger partial charge in [0.05, 0.1) is 20.3 Å². The van der Waals surface area contributed by atoms with Crippen LogP contribution in [0.3, 0.4) is 0 Å². The van der Waals surface area contributed by atoms with Gasteiger partial charge < -0.3 is 19.9 Å². The van der Waals surface area contributed by atoms with E-state index in [4.69, 9.17) is 9.47 Å². The number of benzene rings is 1. The summed E-state index contributed by atoms with van der Waals surface area (Å²) in [4.78, 5) is 0. The third kappa shape index (κ3) is 1.74. The van der Waals surface area contributed by atoms with Crippen LogP contribution in [0.15, 0.2) is 18.2 Å². The molecule has 2 rings (SSSR count). The number of fused-ring (bicyclic) bond motifs is 1. The van der Waals surface area contributed by atoms with Crippen LogP contribution in [0.4, 0.5) is 0 Å². The summed E-state index contributed by atoms with van der Waals surface area (Å²) < 4.78 is 10.9. The molecule has 2 N–H and O–H groups in total. The van der Waals surface area contributed by atoms with Crippen molar-refractivity contribution < 1.29 is 14.6 Å². The predicted molar refractivity (Wildman–Crippen MR) is 60.9 cm³/mol. The molecule has 0 aliphatic carbocycles. The standard InChI is InChI=1S/C12H17NO3/c1-13-11-8(6-14)7-16-12-9(11)4-3-5-10(12)15-2/h3-5,8,11,13-14H,6-7H2,1-2H3/t8-,11+/m1/s1. The van der Waals surface area contributed by atoms with E-state index in [2.05, 4.69) is 5.32 Å². The van der Waals surface area contributed by atoms with Crippen molar-refractivity contribution in [2.45, 2.75) is 6.04 Å². The fraction of sp³-hybridized carbons (Fsp3) is 0.500. The molecule has 0 radical (unpaired) electrons. The van der Waals surface area contributed by atoms with Crippen LogP contribution >= 0.6 is 0 Å². The first-order chi connectivity index (χ1) is 7.81. The second-order valence-corrected chi connectivity index (χ2v) is 3.90.